The van der Waals surface area contributed by atoms with Crippen molar-refractivity contribution in [2.45, 2.75) is 45.4 Å². The number of anilines is 2. The fourth-order valence-electron chi connectivity index (χ4n) is 3.85. The molecule has 0 fully saturated rings. The minimum absolute atomic E-state index is 0.0672. The van der Waals surface area contributed by atoms with E-state index in [1.54, 1.807) is 56.0 Å². The van der Waals surface area contributed by atoms with Gasteiger partial charge in [0.15, 0.2) is 0 Å². The molecular formula is C23H29N3O4S. The molecule has 2 amide bonds. The Kier molecular flexibility index (Phi) is 6.81. The normalized spacial score (nSPS) is 13.4. The molecule has 0 spiro atoms. The number of amides is 2. The largest absolute Gasteiger partial charge is 0.322 e. The van der Waals surface area contributed by atoms with Gasteiger partial charge in [0.25, 0.3) is 5.91 Å². The Balaban J connectivity index is 1.84. The smallest absolute Gasteiger partial charge is 0.255 e. The molecule has 0 aromatic heterocycles. The Hall–Kier alpha value is -2.71. The summed E-state index contributed by atoms with van der Waals surface area (Å²) in [6, 6.07) is 10.2. The summed E-state index contributed by atoms with van der Waals surface area (Å²) in [6.45, 7) is 8.54. The minimum atomic E-state index is -3.64. The number of hydrogen-bond donors (Lipinski definition) is 1. The fraction of sp³-hybridized carbons (Fsp3) is 0.391. The minimum Gasteiger partial charge on any atom is -0.322 e. The van der Waals surface area contributed by atoms with Crippen LogP contribution in [-0.2, 0) is 21.2 Å². The maximum Gasteiger partial charge on any atom is 0.255 e. The topological polar surface area (TPSA) is 86.8 Å². The third-order valence-corrected chi connectivity index (χ3v) is 7.80. The predicted octanol–water partition coefficient (Wildman–Crippen LogP) is 3.58. The van der Waals surface area contributed by atoms with Gasteiger partial charge >= 0.3 is 0 Å². The maximum atomic E-state index is 12.9. The van der Waals surface area contributed by atoms with Gasteiger partial charge in [0.2, 0.25) is 15.9 Å². The Morgan fingerprint density at radius 1 is 1.06 bits per heavy atom. The van der Waals surface area contributed by atoms with Gasteiger partial charge in [-0.3, -0.25) is 9.59 Å². The molecule has 3 rings (SSSR count). The Labute approximate surface area is 184 Å². The first-order valence-corrected chi connectivity index (χ1v) is 12.0. The number of rotatable bonds is 7. The van der Waals surface area contributed by atoms with Crippen molar-refractivity contribution in [1.29, 1.82) is 0 Å². The average molecular weight is 444 g/mol. The molecule has 0 bridgehead atoms. The molecule has 31 heavy (non-hydrogen) atoms. The zero-order valence-electron chi connectivity index (χ0n) is 18.4. The summed E-state index contributed by atoms with van der Waals surface area (Å²) in [4.78, 5) is 26.8. The molecular weight excluding hydrogens is 414 g/mol. The van der Waals surface area contributed by atoms with Gasteiger partial charge in [-0.15, -0.1) is 0 Å². The van der Waals surface area contributed by atoms with Crippen LogP contribution >= 0.6 is 0 Å². The van der Waals surface area contributed by atoms with Crippen molar-refractivity contribution in [3.8, 4) is 0 Å². The number of hydrogen-bond acceptors (Lipinski definition) is 4. The van der Waals surface area contributed by atoms with Crippen molar-refractivity contribution < 1.29 is 18.0 Å². The predicted molar refractivity (Wildman–Crippen MR) is 122 cm³/mol. The molecule has 0 radical (unpaired) electrons. The first-order valence-electron chi connectivity index (χ1n) is 10.6. The zero-order valence-corrected chi connectivity index (χ0v) is 19.3. The van der Waals surface area contributed by atoms with Crippen molar-refractivity contribution in [1.82, 2.24) is 4.31 Å². The van der Waals surface area contributed by atoms with Crippen LogP contribution in [0.15, 0.2) is 41.3 Å². The van der Waals surface area contributed by atoms with Crippen LogP contribution in [0.2, 0.25) is 0 Å². The van der Waals surface area contributed by atoms with Gasteiger partial charge in [0, 0.05) is 43.0 Å². The van der Waals surface area contributed by atoms with Gasteiger partial charge in [-0.2, -0.15) is 4.31 Å². The first-order chi connectivity index (χ1) is 14.7. The molecule has 0 unspecified atom stereocenters. The highest BCUT2D eigenvalue weighted by atomic mass is 32.2. The molecule has 1 aliphatic heterocycles. The van der Waals surface area contributed by atoms with E-state index in [9.17, 15) is 18.0 Å². The third-order valence-electron chi connectivity index (χ3n) is 5.61. The fourth-order valence-corrected chi connectivity index (χ4v) is 5.56. The zero-order chi connectivity index (χ0) is 22.8. The highest BCUT2D eigenvalue weighted by molar-refractivity contribution is 7.89. The lowest BCUT2D eigenvalue weighted by Crippen LogP contribution is -2.31. The molecule has 2 aromatic rings. The lowest BCUT2D eigenvalue weighted by molar-refractivity contribution is -0.118. The van der Waals surface area contributed by atoms with Crippen molar-refractivity contribution in [3.05, 3.63) is 53.1 Å². The summed E-state index contributed by atoms with van der Waals surface area (Å²) < 4.78 is 27.3. The van der Waals surface area contributed by atoms with Crippen LogP contribution in [-0.4, -0.2) is 44.2 Å². The molecule has 7 nitrogen and oxygen atoms in total. The van der Waals surface area contributed by atoms with Crippen molar-refractivity contribution in [3.63, 3.8) is 0 Å². The molecule has 0 saturated heterocycles. The van der Waals surface area contributed by atoms with Gasteiger partial charge in [0.05, 0.1) is 4.90 Å². The van der Waals surface area contributed by atoms with Crippen molar-refractivity contribution in [2.24, 2.45) is 0 Å². The van der Waals surface area contributed by atoms with Gasteiger partial charge in [-0.1, -0.05) is 26.8 Å². The number of fused-ring (bicyclic) bond motifs is 1. The van der Waals surface area contributed by atoms with E-state index in [0.29, 0.717) is 49.3 Å². The van der Waals surface area contributed by atoms with Crippen LogP contribution in [0.3, 0.4) is 0 Å². The molecule has 1 heterocycles. The SMILES string of the molecule is CCC(=O)N1CCc2cc(C(=O)Nc3ccc(C)c(S(=O)(=O)N(CC)CC)c3)ccc21. The summed E-state index contributed by atoms with van der Waals surface area (Å²) >= 11 is 0. The van der Waals surface area contributed by atoms with E-state index in [4.69, 9.17) is 0 Å². The van der Waals surface area contributed by atoms with Crippen LogP contribution < -0.4 is 10.2 Å². The van der Waals surface area contributed by atoms with E-state index in [-0.39, 0.29) is 16.7 Å². The Morgan fingerprint density at radius 3 is 2.42 bits per heavy atom. The number of benzene rings is 2. The molecule has 8 heteroatoms. The number of carbonyl (C=O) groups is 2. The monoisotopic (exact) mass is 443 g/mol. The maximum absolute atomic E-state index is 12.9. The molecule has 2 aromatic carbocycles. The molecule has 1 aliphatic rings. The van der Waals surface area contributed by atoms with E-state index < -0.39 is 10.0 Å². The van der Waals surface area contributed by atoms with Gasteiger partial charge in [-0.05, 0) is 54.8 Å². The second-order valence-electron chi connectivity index (χ2n) is 7.52. The quantitative estimate of drug-likeness (QED) is 0.709. The second kappa shape index (κ2) is 9.20. The summed E-state index contributed by atoms with van der Waals surface area (Å²) in [5.74, 6) is -0.254. The average Bonchev–Trinajstić information content (AvgIpc) is 3.18. The molecule has 1 N–H and O–H groups in total. The lowest BCUT2D eigenvalue weighted by Gasteiger charge is -2.20. The van der Waals surface area contributed by atoms with E-state index in [0.717, 1.165) is 11.3 Å². The van der Waals surface area contributed by atoms with Crippen LogP contribution in [0, 0.1) is 6.92 Å². The van der Waals surface area contributed by atoms with Gasteiger partial charge in [0.1, 0.15) is 0 Å². The van der Waals surface area contributed by atoms with E-state index in [1.165, 1.54) is 10.4 Å². The van der Waals surface area contributed by atoms with Gasteiger partial charge < -0.3 is 10.2 Å². The van der Waals surface area contributed by atoms with Crippen LogP contribution in [0.4, 0.5) is 11.4 Å². The highest BCUT2D eigenvalue weighted by Crippen LogP contribution is 2.30. The van der Waals surface area contributed by atoms with Crippen LogP contribution in [0.25, 0.3) is 0 Å². The van der Waals surface area contributed by atoms with E-state index in [1.807, 2.05) is 6.92 Å². The number of aryl methyl sites for hydroxylation is 1. The van der Waals surface area contributed by atoms with Crippen LogP contribution in [0.5, 0.6) is 0 Å². The number of carbonyl (C=O) groups excluding carboxylic acids is 2. The van der Waals surface area contributed by atoms with Crippen molar-refractivity contribution >= 4 is 33.2 Å². The van der Waals surface area contributed by atoms with E-state index >= 15 is 0 Å². The summed E-state index contributed by atoms with van der Waals surface area (Å²) in [5, 5.41) is 2.81. The third kappa shape index (κ3) is 4.50. The molecule has 0 aliphatic carbocycles. The standard InChI is InChI=1S/C23H29N3O4S/c1-5-22(27)26-13-12-17-14-18(9-11-20(17)26)23(28)24-19-10-8-16(4)21(15-19)31(29,30)25(6-2)7-3/h8-11,14-15H,5-7,12-13H2,1-4H3,(H,24,28). The van der Waals surface area contributed by atoms with Crippen LogP contribution in [0.1, 0.15) is 48.7 Å². The number of nitrogens with one attached hydrogen (secondary N) is 1. The Morgan fingerprint density at radius 2 is 1.77 bits per heavy atom. The summed E-state index contributed by atoms with van der Waals surface area (Å²) in [6.07, 6.45) is 1.15. The summed E-state index contributed by atoms with van der Waals surface area (Å²) in [5.41, 5.74) is 3.33. The summed E-state index contributed by atoms with van der Waals surface area (Å²) in [7, 11) is -3.64. The molecule has 0 saturated carbocycles. The first kappa shape index (κ1) is 23.0. The van der Waals surface area contributed by atoms with Gasteiger partial charge in [-0.25, -0.2) is 8.42 Å². The molecule has 0 atom stereocenters. The Bertz CT molecular complexity index is 1110. The number of sulfonamides is 1. The highest BCUT2D eigenvalue weighted by Gasteiger charge is 2.26. The van der Waals surface area contributed by atoms with E-state index in [2.05, 4.69) is 5.32 Å². The van der Waals surface area contributed by atoms with Crippen molar-refractivity contribution in [2.75, 3.05) is 29.9 Å². The number of nitrogens with zero attached hydrogens (tertiary/aromatic N) is 2. The second-order valence-corrected chi connectivity index (χ2v) is 9.42. The molecule has 166 valence electrons. The lowest BCUT2D eigenvalue weighted by atomic mass is 10.1.